The standard InChI is InChI=1S/C12H19N7O2/c1-8(2)4-10(12(20)21)5-18-11(15-16-17-18)9(3)19-7-13-6-14-19/h6-10H,4-5H2,1-3H3,(H,20,21). The number of hydrogen-bond donors (Lipinski definition) is 1. The number of tetrazole rings is 1. The number of carbonyl (C=O) groups is 1. The van der Waals surface area contributed by atoms with Crippen molar-refractivity contribution in [3.63, 3.8) is 0 Å². The first kappa shape index (κ1) is 15.1. The van der Waals surface area contributed by atoms with E-state index in [1.807, 2.05) is 20.8 Å². The molecule has 9 nitrogen and oxygen atoms in total. The molecule has 1 N–H and O–H groups in total. The van der Waals surface area contributed by atoms with Crippen molar-refractivity contribution in [1.29, 1.82) is 0 Å². The van der Waals surface area contributed by atoms with Crippen molar-refractivity contribution in [1.82, 2.24) is 35.0 Å². The average Bonchev–Trinajstić information content (AvgIpc) is 3.07. The van der Waals surface area contributed by atoms with E-state index in [0.717, 1.165) is 0 Å². The van der Waals surface area contributed by atoms with Crippen molar-refractivity contribution < 1.29 is 9.90 Å². The minimum Gasteiger partial charge on any atom is -0.481 e. The molecule has 2 unspecified atom stereocenters. The monoisotopic (exact) mass is 293 g/mol. The van der Waals surface area contributed by atoms with Crippen LogP contribution in [0, 0.1) is 11.8 Å². The molecule has 0 amide bonds. The first-order chi connectivity index (χ1) is 9.99. The van der Waals surface area contributed by atoms with E-state index in [1.54, 1.807) is 11.0 Å². The fraction of sp³-hybridized carbons (Fsp3) is 0.667. The number of carboxylic acid groups (broad SMARTS) is 1. The SMILES string of the molecule is CC(C)CC(Cn1nnnc1C(C)n1cncn1)C(=O)O. The van der Waals surface area contributed by atoms with Crippen molar-refractivity contribution in [2.75, 3.05) is 0 Å². The second-order valence-corrected chi connectivity index (χ2v) is 5.44. The van der Waals surface area contributed by atoms with Gasteiger partial charge in [-0.2, -0.15) is 5.10 Å². The highest BCUT2D eigenvalue weighted by Crippen LogP contribution is 2.18. The molecule has 0 aliphatic carbocycles. The van der Waals surface area contributed by atoms with Gasteiger partial charge in [-0.1, -0.05) is 13.8 Å². The summed E-state index contributed by atoms with van der Waals surface area (Å²) in [7, 11) is 0. The van der Waals surface area contributed by atoms with Gasteiger partial charge in [0, 0.05) is 0 Å². The second-order valence-electron chi connectivity index (χ2n) is 5.44. The first-order valence-corrected chi connectivity index (χ1v) is 6.82. The smallest absolute Gasteiger partial charge is 0.308 e. The van der Waals surface area contributed by atoms with Crippen LogP contribution in [0.5, 0.6) is 0 Å². The van der Waals surface area contributed by atoms with Crippen molar-refractivity contribution in [2.24, 2.45) is 11.8 Å². The molecule has 0 aliphatic rings. The van der Waals surface area contributed by atoms with Crippen molar-refractivity contribution in [3.05, 3.63) is 18.5 Å². The van der Waals surface area contributed by atoms with Crippen LogP contribution in [0.3, 0.4) is 0 Å². The maximum absolute atomic E-state index is 11.4. The predicted molar refractivity (Wildman–Crippen MR) is 72.2 cm³/mol. The first-order valence-electron chi connectivity index (χ1n) is 6.82. The van der Waals surface area contributed by atoms with Crippen LogP contribution in [0.25, 0.3) is 0 Å². The lowest BCUT2D eigenvalue weighted by molar-refractivity contribution is -0.142. The Bertz CT molecular complexity index is 578. The molecule has 0 aromatic carbocycles. The van der Waals surface area contributed by atoms with Crippen LogP contribution < -0.4 is 0 Å². The topological polar surface area (TPSA) is 112 Å². The Labute approximate surface area is 122 Å². The average molecular weight is 293 g/mol. The Kier molecular flexibility index (Phi) is 4.61. The van der Waals surface area contributed by atoms with Gasteiger partial charge in [0.25, 0.3) is 0 Å². The summed E-state index contributed by atoms with van der Waals surface area (Å²) in [5.41, 5.74) is 0. The van der Waals surface area contributed by atoms with Crippen LogP contribution >= 0.6 is 0 Å². The van der Waals surface area contributed by atoms with Gasteiger partial charge < -0.3 is 5.11 Å². The summed E-state index contributed by atoms with van der Waals surface area (Å²) in [5, 5.41) is 24.9. The van der Waals surface area contributed by atoms with Gasteiger partial charge in [-0.3, -0.25) is 4.79 Å². The van der Waals surface area contributed by atoms with Crippen LogP contribution in [-0.2, 0) is 11.3 Å². The zero-order valence-electron chi connectivity index (χ0n) is 12.3. The summed E-state index contributed by atoms with van der Waals surface area (Å²) >= 11 is 0. The molecule has 2 aromatic heterocycles. The Morgan fingerprint density at radius 3 is 2.71 bits per heavy atom. The van der Waals surface area contributed by atoms with Gasteiger partial charge in [0.15, 0.2) is 5.82 Å². The van der Waals surface area contributed by atoms with Gasteiger partial charge in [0.2, 0.25) is 0 Å². The molecule has 0 aliphatic heterocycles. The Morgan fingerprint density at radius 1 is 1.38 bits per heavy atom. The zero-order valence-corrected chi connectivity index (χ0v) is 12.3. The molecule has 0 radical (unpaired) electrons. The predicted octanol–water partition coefficient (Wildman–Crippen LogP) is 0.621. The van der Waals surface area contributed by atoms with Crippen LogP contribution in [0.2, 0.25) is 0 Å². The van der Waals surface area contributed by atoms with E-state index < -0.39 is 11.9 Å². The minimum atomic E-state index is -0.835. The third-order valence-electron chi connectivity index (χ3n) is 3.27. The van der Waals surface area contributed by atoms with Crippen LogP contribution in [0.15, 0.2) is 12.7 Å². The summed E-state index contributed by atoms with van der Waals surface area (Å²) < 4.78 is 3.16. The fourth-order valence-corrected chi connectivity index (χ4v) is 2.21. The van der Waals surface area contributed by atoms with E-state index >= 15 is 0 Å². The Hall–Kier alpha value is -2.32. The fourth-order valence-electron chi connectivity index (χ4n) is 2.21. The second kappa shape index (κ2) is 6.42. The van der Waals surface area contributed by atoms with Crippen molar-refractivity contribution >= 4 is 5.97 Å². The molecular formula is C12H19N7O2. The zero-order chi connectivity index (χ0) is 15.4. The highest BCUT2D eigenvalue weighted by atomic mass is 16.4. The normalized spacial score (nSPS) is 14.3. The molecule has 0 fully saturated rings. The van der Waals surface area contributed by atoms with E-state index in [0.29, 0.717) is 18.2 Å². The molecule has 0 spiro atoms. The number of aliphatic carboxylic acids is 1. The van der Waals surface area contributed by atoms with E-state index in [2.05, 4.69) is 25.6 Å². The van der Waals surface area contributed by atoms with E-state index in [1.165, 1.54) is 11.0 Å². The molecule has 2 atom stereocenters. The van der Waals surface area contributed by atoms with Crippen LogP contribution in [-0.4, -0.2) is 46.0 Å². The molecule has 0 saturated carbocycles. The van der Waals surface area contributed by atoms with Crippen LogP contribution in [0.4, 0.5) is 0 Å². The quantitative estimate of drug-likeness (QED) is 0.796. The number of nitrogens with zero attached hydrogens (tertiary/aromatic N) is 7. The maximum Gasteiger partial charge on any atom is 0.308 e. The highest BCUT2D eigenvalue weighted by Gasteiger charge is 2.24. The lowest BCUT2D eigenvalue weighted by atomic mass is 9.97. The van der Waals surface area contributed by atoms with Crippen molar-refractivity contribution in [3.8, 4) is 0 Å². The number of aromatic nitrogens is 7. The molecule has 9 heteroatoms. The third kappa shape index (κ3) is 3.61. The molecule has 2 aromatic rings. The minimum absolute atomic E-state index is 0.212. The largest absolute Gasteiger partial charge is 0.481 e. The highest BCUT2D eigenvalue weighted by molar-refractivity contribution is 5.69. The Balaban J connectivity index is 2.17. The molecule has 0 saturated heterocycles. The van der Waals surface area contributed by atoms with E-state index in [4.69, 9.17) is 0 Å². The molecule has 0 bridgehead atoms. The van der Waals surface area contributed by atoms with Gasteiger partial charge in [0.05, 0.1) is 12.5 Å². The maximum atomic E-state index is 11.4. The molecule has 2 rings (SSSR count). The number of hydrogen-bond acceptors (Lipinski definition) is 6. The van der Waals surface area contributed by atoms with Gasteiger partial charge in [-0.05, 0) is 29.7 Å². The lowest BCUT2D eigenvalue weighted by Gasteiger charge is -2.17. The van der Waals surface area contributed by atoms with Gasteiger partial charge in [-0.15, -0.1) is 5.10 Å². The summed E-state index contributed by atoms with van der Waals surface area (Å²) in [6.07, 6.45) is 3.59. The van der Waals surface area contributed by atoms with Gasteiger partial charge in [-0.25, -0.2) is 14.3 Å². The number of rotatable bonds is 7. The van der Waals surface area contributed by atoms with Crippen LogP contribution in [0.1, 0.15) is 39.1 Å². The van der Waals surface area contributed by atoms with Gasteiger partial charge >= 0.3 is 5.97 Å². The molecule has 2 heterocycles. The molecular weight excluding hydrogens is 274 g/mol. The summed E-state index contributed by atoms with van der Waals surface area (Å²) in [6.45, 7) is 6.12. The van der Waals surface area contributed by atoms with E-state index in [-0.39, 0.29) is 12.6 Å². The summed E-state index contributed by atoms with van der Waals surface area (Å²) in [4.78, 5) is 15.3. The third-order valence-corrected chi connectivity index (χ3v) is 3.27. The van der Waals surface area contributed by atoms with E-state index in [9.17, 15) is 9.90 Å². The van der Waals surface area contributed by atoms with Crippen molar-refractivity contribution in [2.45, 2.75) is 39.8 Å². The molecule has 114 valence electrons. The Morgan fingerprint density at radius 2 is 2.14 bits per heavy atom. The lowest BCUT2D eigenvalue weighted by Crippen LogP contribution is -2.25. The summed E-state index contributed by atoms with van der Waals surface area (Å²) in [6, 6.07) is -0.212. The molecule has 21 heavy (non-hydrogen) atoms. The van der Waals surface area contributed by atoms with Gasteiger partial charge in [0.1, 0.15) is 18.7 Å². The summed E-state index contributed by atoms with van der Waals surface area (Å²) in [5.74, 6) is -0.497. The number of carboxylic acids is 1.